The van der Waals surface area contributed by atoms with Gasteiger partial charge >= 0.3 is 0 Å². The Kier molecular flexibility index (Phi) is 4.10. The third-order valence-corrected chi connectivity index (χ3v) is 3.51. The quantitative estimate of drug-likeness (QED) is 0.835. The van der Waals surface area contributed by atoms with Crippen molar-refractivity contribution in [2.75, 3.05) is 13.2 Å². The molecule has 1 aliphatic rings. The van der Waals surface area contributed by atoms with Gasteiger partial charge in [-0.3, -0.25) is 0 Å². The average molecular weight is 282 g/mol. The van der Waals surface area contributed by atoms with Crippen molar-refractivity contribution in [1.29, 1.82) is 0 Å². The van der Waals surface area contributed by atoms with Crippen molar-refractivity contribution in [3.8, 4) is 11.5 Å². The highest BCUT2D eigenvalue weighted by Gasteiger charge is 2.18. The Morgan fingerprint density at radius 3 is 2.62 bits per heavy atom. The maximum Gasteiger partial charge on any atom is 0.130 e. The number of fused-ring (bicyclic) bond motifs is 1. The van der Waals surface area contributed by atoms with Crippen molar-refractivity contribution in [2.45, 2.75) is 12.8 Å². The van der Waals surface area contributed by atoms with Crippen LogP contribution in [0.5, 0.6) is 11.5 Å². The van der Waals surface area contributed by atoms with Crippen molar-refractivity contribution in [1.82, 2.24) is 0 Å². The minimum atomic E-state index is 0.358. The molecule has 0 fully saturated rings. The highest BCUT2D eigenvalue weighted by molar-refractivity contribution is 5.69. The van der Waals surface area contributed by atoms with Crippen LogP contribution in [0, 0.1) is 0 Å². The molecule has 0 atom stereocenters. The van der Waals surface area contributed by atoms with Crippen LogP contribution in [0.4, 0.5) is 0 Å². The van der Waals surface area contributed by atoms with E-state index in [1.54, 1.807) is 0 Å². The van der Waals surface area contributed by atoms with E-state index in [1.807, 2.05) is 54.6 Å². The van der Waals surface area contributed by atoms with E-state index in [-0.39, 0.29) is 0 Å². The molecule has 3 nitrogen and oxygen atoms in total. The van der Waals surface area contributed by atoms with Gasteiger partial charge in [-0.05, 0) is 37.1 Å². The van der Waals surface area contributed by atoms with E-state index in [1.165, 1.54) is 0 Å². The van der Waals surface area contributed by atoms with E-state index in [0.717, 1.165) is 35.5 Å². The molecule has 2 aromatic rings. The van der Waals surface area contributed by atoms with Gasteiger partial charge in [-0.1, -0.05) is 30.3 Å². The summed E-state index contributed by atoms with van der Waals surface area (Å²) < 4.78 is 11.3. The molecule has 1 N–H and O–H groups in total. The number of aliphatic hydroxyl groups excluding tert-OH is 1. The van der Waals surface area contributed by atoms with Crippen LogP contribution in [0.15, 0.2) is 60.2 Å². The zero-order valence-corrected chi connectivity index (χ0v) is 11.8. The van der Waals surface area contributed by atoms with E-state index >= 15 is 0 Å². The molecule has 0 saturated carbocycles. The molecule has 0 unspecified atom stereocenters. The molecule has 0 aromatic heterocycles. The summed E-state index contributed by atoms with van der Waals surface area (Å²) in [5.41, 5.74) is 1.72. The third kappa shape index (κ3) is 3.19. The van der Waals surface area contributed by atoms with E-state index in [4.69, 9.17) is 9.47 Å². The highest BCUT2D eigenvalue weighted by atomic mass is 16.5. The Balaban J connectivity index is 1.56. The zero-order valence-electron chi connectivity index (χ0n) is 11.8. The fourth-order valence-corrected chi connectivity index (χ4v) is 2.39. The summed E-state index contributed by atoms with van der Waals surface area (Å²) in [5.74, 6) is 1.98. The summed E-state index contributed by atoms with van der Waals surface area (Å²) in [5, 5.41) is 10.3. The van der Waals surface area contributed by atoms with Crippen LogP contribution in [-0.2, 0) is 0 Å². The van der Waals surface area contributed by atoms with Gasteiger partial charge in [0.2, 0.25) is 0 Å². The first kappa shape index (κ1) is 13.6. The number of para-hydroxylation sites is 2. The smallest absolute Gasteiger partial charge is 0.130 e. The Hall–Kier alpha value is -2.42. The fourth-order valence-electron chi connectivity index (χ4n) is 2.39. The Labute approximate surface area is 124 Å². The number of ether oxygens (including phenoxy) is 2. The molecule has 0 spiro atoms. The van der Waals surface area contributed by atoms with Crippen LogP contribution in [0.25, 0.3) is 5.76 Å². The van der Waals surface area contributed by atoms with Gasteiger partial charge in [0.05, 0.1) is 12.2 Å². The van der Waals surface area contributed by atoms with E-state index in [9.17, 15) is 5.11 Å². The van der Waals surface area contributed by atoms with E-state index in [0.29, 0.717) is 19.0 Å². The molecule has 0 amide bonds. The Bertz CT molecular complexity index is 632. The molecule has 1 aliphatic heterocycles. The number of hydrogen-bond donors (Lipinski definition) is 1. The second kappa shape index (κ2) is 6.35. The van der Waals surface area contributed by atoms with Gasteiger partial charge in [0, 0.05) is 5.57 Å². The normalized spacial score (nSPS) is 13.5. The van der Waals surface area contributed by atoms with Crippen LogP contribution in [0.2, 0.25) is 0 Å². The number of hydrogen-bond acceptors (Lipinski definition) is 3. The first-order chi connectivity index (χ1) is 10.3. The predicted molar refractivity (Wildman–Crippen MR) is 82.7 cm³/mol. The summed E-state index contributed by atoms with van der Waals surface area (Å²) in [7, 11) is 0. The first-order valence-corrected chi connectivity index (χ1v) is 7.15. The maximum absolute atomic E-state index is 10.3. The topological polar surface area (TPSA) is 38.7 Å². The van der Waals surface area contributed by atoms with Gasteiger partial charge in [-0.2, -0.15) is 0 Å². The summed E-state index contributed by atoms with van der Waals surface area (Å²) in [6.45, 7) is 1.08. The SMILES string of the molecule is OC1=C(CCCOc2ccccc2)COc2ccccc21. The molecule has 3 heteroatoms. The largest absolute Gasteiger partial charge is 0.507 e. The Morgan fingerprint density at radius 2 is 1.76 bits per heavy atom. The van der Waals surface area contributed by atoms with E-state index < -0.39 is 0 Å². The van der Waals surface area contributed by atoms with Crippen LogP contribution in [0.1, 0.15) is 18.4 Å². The number of rotatable bonds is 5. The first-order valence-electron chi connectivity index (χ1n) is 7.15. The lowest BCUT2D eigenvalue weighted by atomic mass is 10.0. The molecule has 0 aliphatic carbocycles. The van der Waals surface area contributed by atoms with Gasteiger partial charge in [0.15, 0.2) is 0 Å². The third-order valence-electron chi connectivity index (χ3n) is 3.51. The van der Waals surface area contributed by atoms with Gasteiger partial charge in [-0.15, -0.1) is 0 Å². The summed E-state index contributed by atoms with van der Waals surface area (Å²) in [6.07, 6.45) is 1.62. The molecular formula is C18H18O3. The van der Waals surface area contributed by atoms with Crippen molar-refractivity contribution in [3.63, 3.8) is 0 Å². The molecule has 108 valence electrons. The Morgan fingerprint density at radius 1 is 1.00 bits per heavy atom. The van der Waals surface area contributed by atoms with Crippen molar-refractivity contribution in [2.24, 2.45) is 0 Å². The van der Waals surface area contributed by atoms with Crippen molar-refractivity contribution < 1.29 is 14.6 Å². The number of aliphatic hydroxyl groups is 1. The van der Waals surface area contributed by atoms with E-state index in [2.05, 4.69) is 0 Å². The molecule has 0 saturated heterocycles. The molecular weight excluding hydrogens is 264 g/mol. The van der Waals surface area contributed by atoms with Gasteiger partial charge < -0.3 is 14.6 Å². The van der Waals surface area contributed by atoms with Crippen LogP contribution in [0.3, 0.4) is 0 Å². The second-order valence-electron chi connectivity index (χ2n) is 5.00. The van der Waals surface area contributed by atoms with Crippen LogP contribution < -0.4 is 9.47 Å². The molecule has 3 rings (SSSR count). The van der Waals surface area contributed by atoms with Crippen molar-refractivity contribution >= 4 is 5.76 Å². The van der Waals surface area contributed by atoms with Gasteiger partial charge in [0.25, 0.3) is 0 Å². The lowest BCUT2D eigenvalue weighted by molar-refractivity contribution is 0.297. The standard InChI is InChI=1S/C18H18O3/c19-18-14(13-21-17-11-5-4-10-16(17)18)7-6-12-20-15-8-2-1-3-9-15/h1-5,8-11,19H,6-7,12-13H2. The number of benzene rings is 2. The molecule has 0 radical (unpaired) electrons. The second-order valence-corrected chi connectivity index (χ2v) is 5.00. The molecule has 0 bridgehead atoms. The lowest BCUT2D eigenvalue weighted by Gasteiger charge is -2.20. The summed E-state index contributed by atoms with van der Waals surface area (Å²) >= 11 is 0. The summed E-state index contributed by atoms with van der Waals surface area (Å²) in [4.78, 5) is 0. The summed E-state index contributed by atoms with van der Waals surface area (Å²) in [6, 6.07) is 17.3. The minimum Gasteiger partial charge on any atom is -0.507 e. The fraction of sp³-hybridized carbons (Fsp3) is 0.222. The monoisotopic (exact) mass is 282 g/mol. The van der Waals surface area contributed by atoms with Gasteiger partial charge in [-0.25, -0.2) is 0 Å². The predicted octanol–water partition coefficient (Wildman–Crippen LogP) is 4.21. The van der Waals surface area contributed by atoms with Crippen LogP contribution >= 0.6 is 0 Å². The lowest BCUT2D eigenvalue weighted by Crippen LogP contribution is -2.12. The minimum absolute atomic E-state index is 0.358. The molecule has 21 heavy (non-hydrogen) atoms. The van der Waals surface area contributed by atoms with Crippen molar-refractivity contribution in [3.05, 3.63) is 65.7 Å². The highest BCUT2D eigenvalue weighted by Crippen LogP contribution is 2.32. The maximum atomic E-state index is 10.3. The van der Waals surface area contributed by atoms with Gasteiger partial charge in [0.1, 0.15) is 23.9 Å². The van der Waals surface area contributed by atoms with Crippen LogP contribution in [-0.4, -0.2) is 18.3 Å². The zero-order chi connectivity index (χ0) is 14.5. The molecule has 2 aromatic carbocycles. The molecule has 1 heterocycles. The average Bonchev–Trinajstić information content (AvgIpc) is 2.55.